The van der Waals surface area contributed by atoms with Crippen LogP contribution in [0, 0.1) is 38.9 Å². The van der Waals surface area contributed by atoms with Crippen molar-refractivity contribution in [2.75, 3.05) is 0 Å². The average molecular weight is 595 g/mol. The van der Waals surface area contributed by atoms with Gasteiger partial charge in [-0.3, -0.25) is 0 Å². The van der Waals surface area contributed by atoms with E-state index in [9.17, 15) is 8.78 Å². The Hall–Kier alpha value is -2.63. The highest BCUT2D eigenvalue weighted by Gasteiger charge is 2.06. The van der Waals surface area contributed by atoms with Crippen molar-refractivity contribution in [1.82, 2.24) is 0 Å². The van der Waals surface area contributed by atoms with E-state index in [1.807, 2.05) is 42.5 Å². The van der Waals surface area contributed by atoms with Crippen LogP contribution in [0.3, 0.4) is 0 Å². The molecule has 0 aliphatic carbocycles. The van der Waals surface area contributed by atoms with Crippen molar-refractivity contribution in [2.45, 2.75) is 71.6 Å². The fraction of sp³-hybridized carbons (Fsp3) is 0.333. The summed E-state index contributed by atoms with van der Waals surface area (Å²) >= 11 is 2.24. The highest BCUT2D eigenvalue weighted by atomic mass is 127. The minimum Gasteiger partial charge on any atom is -0.207 e. The molecule has 0 radical (unpaired) electrons. The Kier molecular flexibility index (Phi) is 11.5. The molecule has 0 atom stereocenters. The number of unbranched alkanes of at least 4 members (excludes halogenated alkanes) is 5. The Labute approximate surface area is 229 Å². The predicted octanol–water partition coefficient (Wildman–Crippen LogP) is 9.22. The van der Waals surface area contributed by atoms with Crippen LogP contribution >= 0.6 is 22.6 Å². The predicted molar refractivity (Wildman–Crippen MR) is 155 cm³/mol. The van der Waals surface area contributed by atoms with E-state index in [0.29, 0.717) is 11.1 Å². The van der Waals surface area contributed by atoms with Gasteiger partial charge in [-0.25, -0.2) is 8.78 Å². The molecule has 3 heteroatoms. The Morgan fingerprint density at radius 1 is 0.639 bits per heavy atom. The molecule has 186 valence electrons. The summed E-state index contributed by atoms with van der Waals surface area (Å²) in [5.74, 6) is 12.1. The summed E-state index contributed by atoms with van der Waals surface area (Å²) in [4.78, 5) is 0. The number of halogens is 3. The van der Waals surface area contributed by atoms with Gasteiger partial charge in [0.25, 0.3) is 0 Å². The molecule has 0 aromatic heterocycles. The third kappa shape index (κ3) is 8.49. The lowest BCUT2D eigenvalue weighted by atomic mass is 10.0. The maximum absolute atomic E-state index is 14.6. The van der Waals surface area contributed by atoms with Gasteiger partial charge in [0.05, 0.1) is 5.56 Å². The lowest BCUT2D eigenvalue weighted by Crippen LogP contribution is -1.93. The fourth-order valence-electron chi connectivity index (χ4n) is 3.97. The van der Waals surface area contributed by atoms with Crippen molar-refractivity contribution >= 4 is 22.6 Å². The van der Waals surface area contributed by atoms with Crippen LogP contribution in [0.1, 0.15) is 92.2 Å². The van der Waals surface area contributed by atoms with E-state index in [1.165, 1.54) is 31.4 Å². The van der Waals surface area contributed by atoms with Crippen molar-refractivity contribution in [3.63, 3.8) is 0 Å². The van der Waals surface area contributed by atoms with E-state index in [2.05, 4.69) is 60.1 Å². The first-order chi connectivity index (χ1) is 17.5. The molecule has 0 saturated carbocycles. The van der Waals surface area contributed by atoms with Gasteiger partial charge in [0.1, 0.15) is 11.6 Å². The summed E-state index contributed by atoms with van der Waals surface area (Å²) in [7, 11) is 0. The quantitative estimate of drug-likeness (QED) is 0.132. The normalized spacial score (nSPS) is 10.4. The molecule has 36 heavy (non-hydrogen) atoms. The Morgan fingerprint density at radius 3 is 1.83 bits per heavy atom. The number of benzene rings is 3. The van der Waals surface area contributed by atoms with Crippen LogP contribution in [-0.4, -0.2) is 0 Å². The molecule has 3 aromatic rings. The SMILES string of the molecule is CCCCCCCc1ccc(C#Cc2cccc(I)c2C#Cc2ccc(CCCC)c(F)c2)cc1F. The van der Waals surface area contributed by atoms with Gasteiger partial charge in [0.15, 0.2) is 0 Å². The molecule has 0 bridgehead atoms. The molecule has 3 rings (SSSR count). The summed E-state index contributed by atoms with van der Waals surface area (Å²) < 4.78 is 30.0. The van der Waals surface area contributed by atoms with Gasteiger partial charge < -0.3 is 0 Å². The molecule has 0 saturated heterocycles. The zero-order chi connectivity index (χ0) is 25.8. The Balaban J connectivity index is 1.76. The maximum Gasteiger partial charge on any atom is 0.127 e. The molecule has 0 N–H and O–H groups in total. The van der Waals surface area contributed by atoms with Crippen LogP contribution in [0.15, 0.2) is 54.6 Å². The van der Waals surface area contributed by atoms with Crippen molar-refractivity contribution in [3.8, 4) is 23.7 Å². The molecule has 0 nitrogen and oxygen atoms in total. The van der Waals surface area contributed by atoms with Crippen LogP contribution in [0.2, 0.25) is 0 Å². The molecule has 0 spiro atoms. The third-order valence-electron chi connectivity index (χ3n) is 6.14. The molecule has 0 fully saturated rings. The van der Waals surface area contributed by atoms with Crippen molar-refractivity contribution < 1.29 is 8.78 Å². The topological polar surface area (TPSA) is 0 Å². The lowest BCUT2D eigenvalue weighted by molar-refractivity contribution is 0.587. The van der Waals surface area contributed by atoms with Crippen molar-refractivity contribution in [2.24, 2.45) is 0 Å². The second kappa shape index (κ2) is 14.8. The van der Waals surface area contributed by atoms with Crippen LogP contribution in [0.25, 0.3) is 0 Å². The molecule has 0 heterocycles. The number of hydrogen-bond acceptors (Lipinski definition) is 0. The van der Waals surface area contributed by atoms with E-state index in [-0.39, 0.29) is 11.6 Å². The fourth-order valence-corrected chi connectivity index (χ4v) is 4.60. The minimum atomic E-state index is -0.204. The summed E-state index contributed by atoms with van der Waals surface area (Å²) in [6, 6.07) is 16.3. The molecular weight excluding hydrogens is 561 g/mol. The first-order valence-electron chi connectivity index (χ1n) is 12.9. The second-order valence-corrected chi connectivity index (χ2v) is 10.2. The summed E-state index contributed by atoms with van der Waals surface area (Å²) in [5, 5.41) is 0. The van der Waals surface area contributed by atoms with Gasteiger partial charge in [-0.05, 0) is 95.8 Å². The van der Waals surface area contributed by atoms with Crippen LogP contribution in [0.5, 0.6) is 0 Å². The van der Waals surface area contributed by atoms with Crippen molar-refractivity contribution in [3.05, 3.63) is 103 Å². The number of hydrogen-bond donors (Lipinski definition) is 0. The second-order valence-electron chi connectivity index (χ2n) is 9.04. The van der Waals surface area contributed by atoms with E-state index in [4.69, 9.17) is 0 Å². The van der Waals surface area contributed by atoms with Crippen LogP contribution < -0.4 is 0 Å². The summed E-state index contributed by atoms with van der Waals surface area (Å²) in [5.41, 5.74) is 4.34. The van der Waals surface area contributed by atoms with Crippen molar-refractivity contribution in [1.29, 1.82) is 0 Å². The highest BCUT2D eigenvalue weighted by molar-refractivity contribution is 14.1. The first-order valence-corrected chi connectivity index (χ1v) is 14.0. The zero-order valence-corrected chi connectivity index (χ0v) is 23.4. The first kappa shape index (κ1) is 27.9. The van der Waals surface area contributed by atoms with Gasteiger partial charge >= 0.3 is 0 Å². The van der Waals surface area contributed by atoms with Gasteiger partial charge in [-0.1, -0.05) is 87.8 Å². The molecule has 3 aromatic carbocycles. The Morgan fingerprint density at radius 2 is 1.22 bits per heavy atom. The standard InChI is InChI=1S/C33H33F2I/c1-3-5-7-8-9-12-29-21-16-25(23-32(29)35)15-19-27-13-10-14-33(36)30(27)22-18-26-17-20-28(11-6-4-2)31(34)24-26/h10,13-14,16-17,20-21,23-24H,3-9,11-12H2,1-2H3. The van der Waals surface area contributed by atoms with Gasteiger partial charge in [0.2, 0.25) is 0 Å². The monoisotopic (exact) mass is 594 g/mol. The number of aryl methyl sites for hydroxylation is 2. The van der Waals surface area contributed by atoms with Crippen LogP contribution in [0.4, 0.5) is 8.78 Å². The minimum absolute atomic E-state index is 0.190. The molecule has 0 aliphatic heterocycles. The lowest BCUT2D eigenvalue weighted by Gasteiger charge is -2.04. The number of rotatable bonds is 9. The average Bonchev–Trinajstić information content (AvgIpc) is 2.87. The third-order valence-corrected chi connectivity index (χ3v) is 7.04. The smallest absolute Gasteiger partial charge is 0.127 e. The molecule has 0 amide bonds. The molecule has 0 aliphatic rings. The highest BCUT2D eigenvalue weighted by Crippen LogP contribution is 2.18. The maximum atomic E-state index is 14.6. The summed E-state index contributed by atoms with van der Waals surface area (Å²) in [6.45, 7) is 4.29. The summed E-state index contributed by atoms with van der Waals surface area (Å²) in [6.07, 6.45) is 9.32. The van der Waals surface area contributed by atoms with E-state index >= 15 is 0 Å². The van der Waals surface area contributed by atoms with E-state index in [1.54, 1.807) is 0 Å². The van der Waals surface area contributed by atoms with Gasteiger partial charge in [0, 0.05) is 20.3 Å². The van der Waals surface area contributed by atoms with E-state index < -0.39 is 0 Å². The van der Waals surface area contributed by atoms with Gasteiger partial charge in [-0.2, -0.15) is 0 Å². The Bertz CT molecular complexity index is 1280. The van der Waals surface area contributed by atoms with Gasteiger partial charge in [-0.15, -0.1) is 0 Å². The zero-order valence-electron chi connectivity index (χ0n) is 21.2. The van der Waals surface area contributed by atoms with E-state index in [0.717, 1.165) is 64.3 Å². The largest absolute Gasteiger partial charge is 0.207 e. The molecular formula is C33H33F2I. The molecule has 0 unspecified atom stereocenters. The van der Waals surface area contributed by atoms with Crippen LogP contribution in [-0.2, 0) is 12.8 Å².